The molecule has 27 heavy (non-hydrogen) atoms. The number of hydrogen-bond acceptors (Lipinski definition) is 3. The van der Waals surface area contributed by atoms with Crippen LogP contribution in [-0.4, -0.2) is 20.3 Å². The first-order valence-corrected chi connectivity index (χ1v) is 9.45. The Labute approximate surface area is 157 Å². The predicted molar refractivity (Wildman–Crippen MR) is 108 cm³/mol. The normalized spacial score (nSPS) is 14.3. The Hall–Kier alpha value is -2.98. The summed E-state index contributed by atoms with van der Waals surface area (Å²) < 4.78 is 1.59. The van der Waals surface area contributed by atoms with Crippen molar-refractivity contribution in [3.8, 4) is 0 Å². The maximum absolute atomic E-state index is 12.4. The van der Waals surface area contributed by atoms with Crippen LogP contribution < -0.4 is 5.56 Å². The van der Waals surface area contributed by atoms with Crippen molar-refractivity contribution in [1.82, 2.24) is 14.3 Å². The van der Waals surface area contributed by atoms with Crippen LogP contribution in [0, 0.1) is 0 Å². The lowest BCUT2D eigenvalue weighted by Gasteiger charge is -2.22. The average Bonchev–Trinajstić information content (AvgIpc) is 3.53. The van der Waals surface area contributed by atoms with Crippen molar-refractivity contribution >= 4 is 16.4 Å². The Morgan fingerprint density at radius 1 is 0.926 bits per heavy atom. The van der Waals surface area contributed by atoms with E-state index in [0.29, 0.717) is 18.2 Å². The number of fused-ring (bicyclic) bond motifs is 2. The summed E-state index contributed by atoms with van der Waals surface area (Å²) in [7, 11) is 0. The predicted octanol–water partition coefficient (Wildman–Crippen LogP) is 4.01. The van der Waals surface area contributed by atoms with Crippen LogP contribution >= 0.6 is 0 Å². The van der Waals surface area contributed by atoms with E-state index in [0.717, 1.165) is 12.2 Å². The second kappa shape index (κ2) is 6.63. The summed E-state index contributed by atoms with van der Waals surface area (Å²) in [5.74, 6) is 0. The van der Waals surface area contributed by atoms with Gasteiger partial charge in [0.15, 0.2) is 0 Å². The van der Waals surface area contributed by atoms with Gasteiger partial charge in [-0.2, -0.15) is 0 Å². The highest BCUT2D eigenvalue weighted by Gasteiger charge is 2.29. The summed E-state index contributed by atoms with van der Waals surface area (Å²) in [6.45, 7) is 1.59. The third kappa shape index (κ3) is 3.36. The molecular formula is C23H21N3O. The lowest BCUT2D eigenvalue weighted by Crippen LogP contribution is -2.27. The van der Waals surface area contributed by atoms with Crippen LogP contribution in [-0.2, 0) is 13.1 Å². The van der Waals surface area contributed by atoms with Gasteiger partial charge in [0.1, 0.15) is 5.65 Å². The minimum Gasteiger partial charge on any atom is -0.290 e. The zero-order chi connectivity index (χ0) is 18.2. The first kappa shape index (κ1) is 16.2. The lowest BCUT2D eigenvalue weighted by molar-refractivity contribution is 0.243. The molecule has 1 aliphatic carbocycles. The molecule has 134 valence electrons. The van der Waals surface area contributed by atoms with Gasteiger partial charge in [-0.25, -0.2) is 4.98 Å². The van der Waals surface area contributed by atoms with Gasteiger partial charge >= 0.3 is 0 Å². The molecule has 0 amide bonds. The molecule has 0 unspecified atom stereocenters. The largest absolute Gasteiger partial charge is 0.290 e. The molecule has 0 atom stereocenters. The molecule has 0 N–H and O–H groups in total. The first-order chi connectivity index (χ1) is 13.3. The summed E-state index contributed by atoms with van der Waals surface area (Å²) in [5, 5.41) is 2.54. The molecule has 1 saturated carbocycles. The number of pyridine rings is 1. The maximum atomic E-state index is 12.4. The van der Waals surface area contributed by atoms with Crippen LogP contribution in [0.15, 0.2) is 77.7 Å². The van der Waals surface area contributed by atoms with Gasteiger partial charge in [-0.1, -0.05) is 42.5 Å². The topological polar surface area (TPSA) is 37.6 Å². The van der Waals surface area contributed by atoms with Gasteiger partial charge in [0, 0.05) is 31.4 Å². The SMILES string of the molecule is O=c1cc(CN(Cc2ccc3ccccc3c2)C2CC2)nc2ccccn12. The number of benzene rings is 2. The van der Waals surface area contributed by atoms with Gasteiger partial charge in [0.2, 0.25) is 0 Å². The molecule has 5 rings (SSSR count). The van der Waals surface area contributed by atoms with Crippen molar-refractivity contribution in [2.75, 3.05) is 0 Å². The highest BCUT2D eigenvalue weighted by Crippen LogP contribution is 2.30. The van der Waals surface area contributed by atoms with Crippen LogP contribution in [0.5, 0.6) is 0 Å². The fraction of sp³-hybridized carbons (Fsp3) is 0.217. The second-order valence-corrected chi connectivity index (χ2v) is 7.33. The summed E-state index contributed by atoms with van der Waals surface area (Å²) in [5.41, 5.74) is 2.84. The van der Waals surface area contributed by atoms with E-state index in [2.05, 4.69) is 47.4 Å². The van der Waals surface area contributed by atoms with E-state index in [9.17, 15) is 4.79 Å². The van der Waals surface area contributed by atoms with Crippen molar-refractivity contribution in [2.24, 2.45) is 0 Å². The molecule has 2 heterocycles. The van der Waals surface area contributed by atoms with Crippen LogP contribution in [0.1, 0.15) is 24.1 Å². The van der Waals surface area contributed by atoms with E-state index >= 15 is 0 Å². The quantitative estimate of drug-likeness (QED) is 0.543. The smallest absolute Gasteiger partial charge is 0.258 e. The monoisotopic (exact) mass is 355 g/mol. The third-order valence-electron chi connectivity index (χ3n) is 5.25. The molecule has 2 aromatic carbocycles. The Balaban J connectivity index is 1.43. The standard InChI is InChI=1S/C23H21N3O/c27-23-14-20(24-22-7-3-4-12-26(22)23)16-25(21-10-11-21)15-17-8-9-18-5-1-2-6-19(18)13-17/h1-9,12-14,21H,10-11,15-16H2. The summed E-state index contributed by atoms with van der Waals surface area (Å²) in [6, 6.07) is 23.0. The van der Waals surface area contributed by atoms with Crippen molar-refractivity contribution < 1.29 is 0 Å². The van der Waals surface area contributed by atoms with E-state index in [-0.39, 0.29) is 5.56 Å². The molecule has 0 saturated heterocycles. The fourth-order valence-corrected chi connectivity index (χ4v) is 3.72. The first-order valence-electron chi connectivity index (χ1n) is 9.45. The highest BCUT2D eigenvalue weighted by atomic mass is 16.1. The van der Waals surface area contributed by atoms with Crippen LogP contribution in [0.2, 0.25) is 0 Å². The molecule has 0 bridgehead atoms. The molecule has 0 spiro atoms. The van der Waals surface area contributed by atoms with Gasteiger partial charge in [0.25, 0.3) is 5.56 Å². The lowest BCUT2D eigenvalue weighted by atomic mass is 10.1. The molecule has 4 heteroatoms. The van der Waals surface area contributed by atoms with Gasteiger partial charge in [0.05, 0.1) is 5.69 Å². The van der Waals surface area contributed by atoms with Gasteiger partial charge < -0.3 is 0 Å². The van der Waals surface area contributed by atoms with Crippen LogP contribution in [0.3, 0.4) is 0 Å². The number of rotatable bonds is 5. The minimum atomic E-state index is -0.0166. The van der Waals surface area contributed by atoms with Crippen LogP contribution in [0.25, 0.3) is 16.4 Å². The summed E-state index contributed by atoms with van der Waals surface area (Å²) >= 11 is 0. The van der Waals surface area contributed by atoms with E-state index < -0.39 is 0 Å². The van der Waals surface area contributed by atoms with E-state index in [1.807, 2.05) is 18.2 Å². The maximum Gasteiger partial charge on any atom is 0.258 e. The Bertz CT molecular complexity index is 1180. The van der Waals surface area contributed by atoms with E-state index in [1.54, 1.807) is 16.7 Å². The summed E-state index contributed by atoms with van der Waals surface area (Å²) in [6.07, 6.45) is 4.21. The molecular weight excluding hydrogens is 334 g/mol. The second-order valence-electron chi connectivity index (χ2n) is 7.33. The Morgan fingerprint density at radius 3 is 2.59 bits per heavy atom. The Kier molecular flexibility index (Phi) is 3.98. The van der Waals surface area contributed by atoms with Crippen molar-refractivity contribution in [2.45, 2.75) is 32.0 Å². The molecule has 4 aromatic rings. The fourth-order valence-electron chi connectivity index (χ4n) is 3.72. The number of aromatic nitrogens is 2. The molecule has 1 fully saturated rings. The zero-order valence-electron chi connectivity index (χ0n) is 15.1. The van der Waals surface area contributed by atoms with Crippen molar-refractivity contribution in [1.29, 1.82) is 0 Å². The average molecular weight is 355 g/mol. The molecule has 1 aliphatic rings. The molecule has 4 nitrogen and oxygen atoms in total. The zero-order valence-corrected chi connectivity index (χ0v) is 15.1. The van der Waals surface area contributed by atoms with Gasteiger partial charge in [-0.05, 0) is 47.4 Å². The molecule has 2 aromatic heterocycles. The van der Waals surface area contributed by atoms with Gasteiger partial charge in [-0.3, -0.25) is 14.1 Å². The molecule has 0 radical (unpaired) electrons. The third-order valence-corrected chi connectivity index (χ3v) is 5.25. The van der Waals surface area contributed by atoms with E-state index in [1.165, 1.54) is 29.2 Å². The van der Waals surface area contributed by atoms with Crippen LogP contribution in [0.4, 0.5) is 0 Å². The molecule has 0 aliphatic heterocycles. The van der Waals surface area contributed by atoms with E-state index in [4.69, 9.17) is 4.98 Å². The van der Waals surface area contributed by atoms with Gasteiger partial charge in [-0.15, -0.1) is 0 Å². The number of hydrogen-bond donors (Lipinski definition) is 0. The van der Waals surface area contributed by atoms with Crippen molar-refractivity contribution in [3.05, 3.63) is 94.5 Å². The Morgan fingerprint density at radius 2 is 1.74 bits per heavy atom. The summed E-state index contributed by atoms with van der Waals surface area (Å²) in [4.78, 5) is 19.5. The number of nitrogens with zero attached hydrogens (tertiary/aromatic N) is 3. The van der Waals surface area contributed by atoms with Crippen molar-refractivity contribution in [3.63, 3.8) is 0 Å². The highest BCUT2D eigenvalue weighted by molar-refractivity contribution is 5.82. The minimum absolute atomic E-state index is 0.0166.